The minimum atomic E-state index is -0.188. The SMILES string of the molecule is Cc1c(NC(=O)CC2CCN(C(=O)Cn3c(=O)n(C)c4ccccc43)CC2)cnn1C. The van der Waals surface area contributed by atoms with E-state index in [1.54, 1.807) is 27.4 Å². The zero-order chi connectivity index (χ0) is 22.1. The number of likely N-dealkylation sites (tertiary alicyclic amines) is 1. The van der Waals surface area contributed by atoms with Crippen molar-refractivity contribution < 1.29 is 9.59 Å². The van der Waals surface area contributed by atoms with Crippen LogP contribution in [0.25, 0.3) is 11.0 Å². The van der Waals surface area contributed by atoms with Crippen molar-refractivity contribution in [1.82, 2.24) is 23.8 Å². The van der Waals surface area contributed by atoms with Crippen LogP contribution in [0.1, 0.15) is 25.0 Å². The number of imidazole rings is 1. The van der Waals surface area contributed by atoms with Gasteiger partial charge in [0.15, 0.2) is 0 Å². The summed E-state index contributed by atoms with van der Waals surface area (Å²) in [7, 11) is 3.55. The van der Waals surface area contributed by atoms with Gasteiger partial charge in [0.25, 0.3) is 0 Å². The Labute approximate surface area is 180 Å². The largest absolute Gasteiger partial charge is 0.341 e. The van der Waals surface area contributed by atoms with E-state index in [2.05, 4.69) is 10.4 Å². The fourth-order valence-corrected chi connectivity index (χ4v) is 4.22. The van der Waals surface area contributed by atoms with Crippen molar-refractivity contribution >= 4 is 28.5 Å². The first-order valence-electron chi connectivity index (χ1n) is 10.6. The number of hydrogen-bond acceptors (Lipinski definition) is 4. The number of rotatable bonds is 5. The molecular formula is C22H28N6O3. The second-order valence-corrected chi connectivity index (χ2v) is 8.26. The normalized spacial score (nSPS) is 14.9. The predicted molar refractivity (Wildman–Crippen MR) is 118 cm³/mol. The fraction of sp³-hybridized carbons (Fsp3) is 0.455. The van der Waals surface area contributed by atoms with E-state index in [0.29, 0.717) is 19.5 Å². The minimum absolute atomic E-state index is 0.0248. The number of amides is 2. The van der Waals surface area contributed by atoms with Crippen LogP contribution >= 0.6 is 0 Å². The van der Waals surface area contributed by atoms with E-state index in [1.807, 2.05) is 38.2 Å². The highest BCUT2D eigenvalue weighted by Gasteiger charge is 2.26. The Balaban J connectivity index is 1.32. The lowest BCUT2D eigenvalue weighted by atomic mass is 9.93. The van der Waals surface area contributed by atoms with E-state index >= 15 is 0 Å². The summed E-state index contributed by atoms with van der Waals surface area (Å²) in [6.45, 7) is 3.14. The van der Waals surface area contributed by atoms with Gasteiger partial charge >= 0.3 is 5.69 Å². The van der Waals surface area contributed by atoms with Gasteiger partial charge in [-0.3, -0.25) is 23.4 Å². The smallest absolute Gasteiger partial charge is 0.329 e. The Hall–Kier alpha value is -3.36. The predicted octanol–water partition coefficient (Wildman–Crippen LogP) is 1.65. The highest BCUT2D eigenvalue weighted by molar-refractivity contribution is 5.91. The van der Waals surface area contributed by atoms with Gasteiger partial charge in [0.05, 0.1) is 28.6 Å². The molecule has 3 heterocycles. The third kappa shape index (κ3) is 4.12. The maximum Gasteiger partial charge on any atom is 0.329 e. The minimum Gasteiger partial charge on any atom is -0.341 e. The molecule has 1 aliphatic rings. The van der Waals surface area contributed by atoms with Crippen LogP contribution in [0.2, 0.25) is 0 Å². The van der Waals surface area contributed by atoms with Gasteiger partial charge < -0.3 is 10.2 Å². The van der Waals surface area contributed by atoms with Crippen molar-refractivity contribution in [3.05, 3.63) is 46.6 Å². The number of para-hydroxylation sites is 2. The van der Waals surface area contributed by atoms with E-state index in [4.69, 9.17) is 0 Å². The first-order chi connectivity index (χ1) is 14.8. The van der Waals surface area contributed by atoms with Gasteiger partial charge in [-0.25, -0.2) is 4.79 Å². The lowest BCUT2D eigenvalue weighted by Gasteiger charge is -2.31. The molecule has 0 radical (unpaired) electrons. The van der Waals surface area contributed by atoms with Crippen LogP contribution in [-0.4, -0.2) is 48.7 Å². The highest BCUT2D eigenvalue weighted by Crippen LogP contribution is 2.22. The number of fused-ring (bicyclic) bond motifs is 1. The Morgan fingerprint density at radius 2 is 1.81 bits per heavy atom. The summed E-state index contributed by atoms with van der Waals surface area (Å²) in [4.78, 5) is 39.6. The molecule has 0 aliphatic carbocycles. The molecule has 1 aromatic carbocycles. The number of nitrogens with zero attached hydrogens (tertiary/aromatic N) is 5. The summed E-state index contributed by atoms with van der Waals surface area (Å²) in [6.07, 6.45) is 3.63. The lowest BCUT2D eigenvalue weighted by Crippen LogP contribution is -2.42. The van der Waals surface area contributed by atoms with Gasteiger partial charge in [-0.15, -0.1) is 0 Å². The second-order valence-electron chi connectivity index (χ2n) is 8.26. The van der Waals surface area contributed by atoms with Crippen molar-refractivity contribution in [2.45, 2.75) is 32.7 Å². The quantitative estimate of drug-likeness (QED) is 0.674. The van der Waals surface area contributed by atoms with Gasteiger partial charge in [-0.2, -0.15) is 5.10 Å². The Kier molecular flexibility index (Phi) is 5.67. The molecular weight excluding hydrogens is 396 g/mol. The van der Waals surface area contributed by atoms with E-state index < -0.39 is 0 Å². The number of carbonyl (C=O) groups is 2. The number of aryl methyl sites for hydroxylation is 2. The number of anilines is 1. The molecule has 164 valence electrons. The van der Waals surface area contributed by atoms with Crippen molar-refractivity contribution in [3.63, 3.8) is 0 Å². The Morgan fingerprint density at radius 3 is 2.45 bits per heavy atom. The molecule has 0 atom stereocenters. The van der Waals surface area contributed by atoms with E-state index in [1.165, 1.54) is 4.57 Å². The van der Waals surface area contributed by atoms with Crippen LogP contribution in [-0.2, 0) is 30.2 Å². The number of benzene rings is 1. The molecule has 1 aliphatic heterocycles. The van der Waals surface area contributed by atoms with Crippen LogP contribution in [0.15, 0.2) is 35.3 Å². The standard InChI is InChI=1S/C22H28N6O3/c1-15-17(13-23-26(15)3)24-20(29)12-16-8-10-27(11-9-16)21(30)14-28-19-7-5-4-6-18(19)25(2)22(28)31/h4-7,13,16H,8-12,14H2,1-3H3,(H,24,29). The number of piperidine rings is 1. The Bertz CT molecular complexity index is 1180. The van der Waals surface area contributed by atoms with E-state index in [0.717, 1.165) is 35.3 Å². The van der Waals surface area contributed by atoms with Gasteiger partial charge in [0.1, 0.15) is 6.54 Å². The van der Waals surface area contributed by atoms with E-state index in [-0.39, 0.29) is 30.0 Å². The molecule has 31 heavy (non-hydrogen) atoms. The molecule has 3 aromatic rings. The van der Waals surface area contributed by atoms with Crippen molar-refractivity contribution in [1.29, 1.82) is 0 Å². The van der Waals surface area contributed by atoms with Crippen molar-refractivity contribution in [2.24, 2.45) is 20.0 Å². The van der Waals surface area contributed by atoms with Gasteiger partial charge in [0, 0.05) is 33.6 Å². The maximum atomic E-state index is 12.9. The monoisotopic (exact) mass is 424 g/mol. The lowest BCUT2D eigenvalue weighted by molar-refractivity contribution is -0.133. The van der Waals surface area contributed by atoms with Crippen LogP contribution < -0.4 is 11.0 Å². The molecule has 1 saturated heterocycles. The number of hydrogen-bond donors (Lipinski definition) is 1. The maximum absolute atomic E-state index is 12.9. The second kappa shape index (κ2) is 8.41. The number of aromatic nitrogens is 4. The molecule has 0 saturated carbocycles. The highest BCUT2D eigenvalue weighted by atomic mass is 16.2. The van der Waals surface area contributed by atoms with Crippen molar-refractivity contribution in [2.75, 3.05) is 18.4 Å². The summed E-state index contributed by atoms with van der Waals surface area (Å²) in [6, 6.07) is 7.48. The first-order valence-corrected chi connectivity index (χ1v) is 10.6. The number of carbonyl (C=O) groups excluding carboxylic acids is 2. The zero-order valence-corrected chi connectivity index (χ0v) is 18.2. The van der Waals surface area contributed by atoms with Crippen LogP contribution in [0.5, 0.6) is 0 Å². The Morgan fingerprint density at radius 1 is 1.13 bits per heavy atom. The van der Waals surface area contributed by atoms with Crippen LogP contribution in [0, 0.1) is 12.8 Å². The van der Waals surface area contributed by atoms with Gasteiger partial charge in [-0.05, 0) is 37.8 Å². The van der Waals surface area contributed by atoms with Crippen LogP contribution in [0.4, 0.5) is 5.69 Å². The molecule has 0 unspecified atom stereocenters. The molecule has 2 amide bonds. The fourth-order valence-electron chi connectivity index (χ4n) is 4.22. The third-order valence-electron chi connectivity index (χ3n) is 6.30. The molecule has 4 rings (SSSR count). The summed E-state index contributed by atoms with van der Waals surface area (Å²) < 4.78 is 4.83. The molecule has 9 heteroatoms. The van der Waals surface area contributed by atoms with E-state index in [9.17, 15) is 14.4 Å². The third-order valence-corrected chi connectivity index (χ3v) is 6.30. The summed E-state index contributed by atoms with van der Waals surface area (Å²) >= 11 is 0. The number of nitrogens with one attached hydrogen (secondary N) is 1. The molecule has 1 fully saturated rings. The topological polar surface area (TPSA) is 94.2 Å². The average Bonchev–Trinajstić information content (AvgIpc) is 3.20. The molecule has 0 spiro atoms. The van der Waals surface area contributed by atoms with Gasteiger partial charge in [0.2, 0.25) is 11.8 Å². The zero-order valence-electron chi connectivity index (χ0n) is 18.2. The summed E-state index contributed by atoms with van der Waals surface area (Å²) in [5.41, 5.74) is 3.04. The first kappa shape index (κ1) is 20.9. The molecule has 1 N–H and O–H groups in total. The molecule has 2 aromatic heterocycles. The molecule has 9 nitrogen and oxygen atoms in total. The van der Waals surface area contributed by atoms with Gasteiger partial charge in [-0.1, -0.05) is 12.1 Å². The van der Waals surface area contributed by atoms with Crippen molar-refractivity contribution in [3.8, 4) is 0 Å². The summed E-state index contributed by atoms with van der Waals surface area (Å²) in [5, 5.41) is 7.07. The van der Waals surface area contributed by atoms with Crippen LogP contribution in [0.3, 0.4) is 0 Å². The molecule has 0 bridgehead atoms. The summed E-state index contributed by atoms with van der Waals surface area (Å²) in [5.74, 6) is 0.150. The average molecular weight is 425 g/mol.